The van der Waals surface area contributed by atoms with Gasteiger partial charge in [0.2, 0.25) is 0 Å². The smallest absolute Gasteiger partial charge is 0.277 e. The molecule has 0 radical (unpaired) electrons. The van der Waals surface area contributed by atoms with Crippen LogP contribution in [0.4, 0.5) is 14.5 Å². The van der Waals surface area contributed by atoms with Gasteiger partial charge in [0.15, 0.2) is 20.7 Å². The van der Waals surface area contributed by atoms with Crippen molar-refractivity contribution in [3.05, 3.63) is 35.9 Å². The number of hydrogen-bond acceptors (Lipinski definition) is 7. The number of hydrogen-bond donors (Lipinski definition) is 0. The summed E-state index contributed by atoms with van der Waals surface area (Å²) >= 11 is 6.22. The van der Waals surface area contributed by atoms with Gasteiger partial charge in [0, 0.05) is 25.1 Å². The van der Waals surface area contributed by atoms with E-state index in [9.17, 15) is 22.0 Å². The van der Waals surface area contributed by atoms with E-state index < -0.39 is 51.2 Å². The highest BCUT2D eigenvalue weighted by molar-refractivity contribution is 7.92. The van der Waals surface area contributed by atoms with E-state index in [0.29, 0.717) is 5.69 Å². The van der Waals surface area contributed by atoms with Crippen LogP contribution in [0.3, 0.4) is 0 Å². The third-order valence-corrected chi connectivity index (χ3v) is 6.52. The van der Waals surface area contributed by atoms with Crippen LogP contribution in [0.2, 0.25) is 5.15 Å². The molecule has 1 unspecified atom stereocenters. The van der Waals surface area contributed by atoms with Crippen molar-refractivity contribution in [2.75, 3.05) is 30.1 Å². The van der Waals surface area contributed by atoms with Crippen LogP contribution in [0.15, 0.2) is 35.9 Å². The molecule has 0 aliphatic heterocycles. The normalized spacial score (nSPS) is 18.0. The Kier molecular flexibility index (Phi) is 6.60. The first kappa shape index (κ1) is 23.1. The lowest BCUT2D eigenvalue weighted by atomic mass is 10.3. The predicted molar refractivity (Wildman–Crippen MR) is 111 cm³/mol. The Morgan fingerprint density at radius 1 is 1.48 bits per heavy atom. The highest BCUT2D eigenvalue weighted by Crippen LogP contribution is 2.49. The maximum absolute atomic E-state index is 13.1. The number of nitrogens with zero attached hydrogens (tertiary/aromatic N) is 5. The molecule has 2 heterocycles. The molecule has 1 aliphatic carbocycles. The first-order valence-electron chi connectivity index (χ1n) is 9.23. The van der Waals surface area contributed by atoms with E-state index in [2.05, 4.69) is 20.1 Å². The van der Waals surface area contributed by atoms with Crippen molar-refractivity contribution in [1.82, 2.24) is 14.8 Å². The van der Waals surface area contributed by atoms with E-state index in [1.165, 1.54) is 15.8 Å². The molecule has 2 aromatic heterocycles. The molecule has 1 saturated carbocycles. The van der Waals surface area contributed by atoms with Gasteiger partial charge in [0.25, 0.3) is 11.8 Å². The number of sulfone groups is 1. The zero-order valence-electron chi connectivity index (χ0n) is 16.7. The number of pyridine rings is 1. The van der Waals surface area contributed by atoms with Crippen molar-refractivity contribution in [1.29, 1.82) is 0 Å². The van der Waals surface area contributed by atoms with Crippen LogP contribution in [0.5, 0.6) is 0 Å². The number of amides is 1. The average molecular weight is 476 g/mol. The molecule has 31 heavy (non-hydrogen) atoms. The molecule has 13 heteroatoms. The zero-order chi connectivity index (χ0) is 22.8. The van der Waals surface area contributed by atoms with Crippen molar-refractivity contribution in [3.63, 3.8) is 0 Å². The van der Waals surface area contributed by atoms with Gasteiger partial charge in [-0.3, -0.25) is 9.78 Å². The molecule has 168 valence electrons. The summed E-state index contributed by atoms with van der Waals surface area (Å²) in [6.45, 7) is 1.76. The van der Waals surface area contributed by atoms with Crippen LogP contribution in [-0.4, -0.2) is 65.9 Å². The van der Waals surface area contributed by atoms with Gasteiger partial charge in [-0.15, -0.1) is 0 Å². The first-order chi connectivity index (χ1) is 14.6. The monoisotopic (exact) mass is 475 g/mol. The lowest BCUT2D eigenvalue weighted by Gasteiger charge is -2.20. The van der Waals surface area contributed by atoms with E-state index >= 15 is 0 Å². The molecular formula is C18H20ClF2N5O4S. The molecule has 3 rings (SSSR count). The van der Waals surface area contributed by atoms with Gasteiger partial charge >= 0.3 is 0 Å². The molecule has 1 aliphatic rings. The van der Waals surface area contributed by atoms with Crippen LogP contribution in [0, 0.1) is 5.92 Å². The molecule has 1 atom stereocenters. The second-order valence-corrected chi connectivity index (χ2v) is 9.41. The average Bonchev–Trinajstić information content (AvgIpc) is 3.11. The molecule has 0 saturated heterocycles. The van der Waals surface area contributed by atoms with Crippen molar-refractivity contribution in [3.8, 4) is 5.69 Å². The summed E-state index contributed by atoms with van der Waals surface area (Å²) in [6, 6.07) is 3.43. The largest absolute Gasteiger partial charge is 0.399 e. The molecule has 0 bridgehead atoms. The predicted octanol–water partition coefficient (Wildman–Crippen LogP) is 2.35. The summed E-state index contributed by atoms with van der Waals surface area (Å²) in [4.78, 5) is 22.9. The Balaban J connectivity index is 1.84. The Hall–Kier alpha value is -2.60. The number of oxime groups is 1. The zero-order valence-corrected chi connectivity index (χ0v) is 18.3. The van der Waals surface area contributed by atoms with E-state index in [-0.39, 0.29) is 17.4 Å². The van der Waals surface area contributed by atoms with Gasteiger partial charge in [-0.2, -0.15) is 5.10 Å². The fourth-order valence-corrected chi connectivity index (χ4v) is 4.90. The Morgan fingerprint density at radius 2 is 2.19 bits per heavy atom. The number of carbonyl (C=O) groups is 1. The maximum atomic E-state index is 13.1. The Morgan fingerprint density at radius 3 is 2.74 bits per heavy atom. The van der Waals surface area contributed by atoms with Gasteiger partial charge in [-0.05, 0) is 19.1 Å². The van der Waals surface area contributed by atoms with E-state index in [1.54, 1.807) is 31.5 Å². The number of halogens is 3. The Bertz CT molecular complexity index is 1090. The van der Waals surface area contributed by atoms with Crippen molar-refractivity contribution >= 4 is 38.7 Å². The van der Waals surface area contributed by atoms with E-state index in [4.69, 9.17) is 11.6 Å². The minimum absolute atomic E-state index is 0.00343. The van der Waals surface area contributed by atoms with Crippen LogP contribution in [0.25, 0.3) is 5.69 Å². The van der Waals surface area contributed by atoms with E-state index in [0.717, 1.165) is 7.11 Å². The van der Waals surface area contributed by atoms with Crippen LogP contribution in [-0.2, 0) is 19.5 Å². The molecule has 9 nitrogen and oxygen atoms in total. The van der Waals surface area contributed by atoms with Crippen molar-refractivity contribution in [2.24, 2.45) is 11.1 Å². The number of aromatic nitrogens is 3. The highest BCUT2D eigenvalue weighted by atomic mass is 35.5. The highest BCUT2D eigenvalue weighted by Gasteiger charge is 2.58. The molecule has 1 amide bonds. The van der Waals surface area contributed by atoms with Gasteiger partial charge in [-0.25, -0.2) is 21.9 Å². The quantitative estimate of drug-likeness (QED) is 0.407. The number of rotatable bonds is 9. The second-order valence-electron chi connectivity index (χ2n) is 6.95. The summed E-state index contributed by atoms with van der Waals surface area (Å²) in [5.41, 5.74) is 0.365. The van der Waals surface area contributed by atoms with Gasteiger partial charge in [-0.1, -0.05) is 16.8 Å². The van der Waals surface area contributed by atoms with Crippen LogP contribution >= 0.6 is 11.6 Å². The summed E-state index contributed by atoms with van der Waals surface area (Å²) in [7, 11) is -2.88. The fraction of sp³-hybridized carbons (Fsp3) is 0.444. The molecule has 0 N–H and O–H groups in total. The molecule has 1 fully saturated rings. The van der Waals surface area contributed by atoms with Gasteiger partial charge < -0.3 is 9.74 Å². The molecular weight excluding hydrogens is 456 g/mol. The van der Waals surface area contributed by atoms with Crippen LogP contribution in [0.1, 0.15) is 13.3 Å². The van der Waals surface area contributed by atoms with Crippen molar-refractivity contribution < 1.29 is 26.8 Å². The number of anilines is 1. The minimum Gasteiger partial charge on any atom is -0.399 e. The topological polar surface area (TPSA) is 107 Å². The number of alkyl halides is 2. The summed E-state index contributed by atoms with van der Waals surface area (Å²) < 4.78 is 52.4. The summed E-state index contributed by atoms with van der Waals surface area (Å²) in [5.74, 6) is -6.59. The molecule has 2 aromatic rings. The first-order valence-corrected chi connectivity index (χ1v) is 11.4. The third-order valence-electron chi connectivity index (χ3n) is 4.63. The van der Waals surface area contributed by atoms with Crippen LogP contribution < -0.4 is 4.90 Å². The van der Waals surface area contributed by atoms with Crippen molar-refractivity contribution in [2.45, 2.75) is 19.3 Å². The lowest BCUT2D eigenvalue weighted by molar-refractivity contribution is -0.112. The molecule has 0 aromatic carbocycles. The van der Waals surface area contributed by atoms with Gasteiger partial charge in [0.1, 0.15) is 18.6 Å². The summed E-state index contributed by atoms with van der Waals surface area (Å²) in [5, 5.41) is 7.69. The Labute approximate surface area is 182 Å². The SMILES string of the molecule is CCN(C(=O)/C(CS(=O)(=O)CC1CC1(F)F)=N/OC)c1cn(-c2cccnc2)nc1Cl. The van der Waals surface area contributed by atoms with Gasteiger partial charge in [0.05, 0.1) is 23.8 Å². The summed E-state index contributed by atoms with van der Waals surface area (Å²) in [6.07, 6.45) is 4.14. The fourth-order valence-electron chi connectivity index (χ4n) is 2.99. The lowest BCUT2D eigenvalue weighted by Crippen LogP contribution is -2.40. The molecule has 0 spiro atoms. The number of carbonyl (C=O) groups excluding carboxylic acids is 1. The standard InChI is InChI=1S/C18H20ClF2N5O4S/c1-3-25(15-9-26(23-16(15)19)13-5-4-6-22-8-13)17(27)14(24-30-2)11-31(28,29)10-12-7-18(12,20)21/h4-6,8-9,12H,3,7,10-11H2,1-2H3/b24-14+. The minimum atomic E-state index is -4.03. The third kappa shape index (κ3) is 5.37. The van der Waals surface area contributed by atoms with E-state index in [1.807, 2.05) is 0 Å². The maximum Gasteiger partial charge on any atom is 0.277 e. The second kappa shape index (κ2) is 8.87.